The highest BCUT2D eigenvalue weighted by Gasteiger charge is 2.19. The van der Waals surface area contributed by atoms with Crippen LogP contribution in [-0.4, -0.2) is 35.2 Å². The summed E-state index contributed by atoms with van der Waals surface area (Å²) in [6.45, 7) is 2.26. The van der Waals surface area contributed by atoms with Crippen molar-refractivity contribution in [2.45, 2.75) is 31.5 Å². The number of nitrogens with zero attached hydrogens (tertiary/aromatic N) is 1. The van der Waals surface area contributed by atoms with Crippen molar-refractivity contribution in [2.75, 3.05) is 13.1 Å². The Labute approximate surface area is 168 Å². The maximum Gasteiger partial charge on any atom is 0.0821 e. The molecule has 0 fully saturated rings. The summed E-state index contributed by atoms with van der Waals surface area (Å²) in [7, 11) is 0. The van der Waals surface area contributed by atoms with E-state index in [0.717, 1.165) is 25.1 Å². The summed E-state index contributed by atoms with van der Waals surface area (Å²) in [5.41, 5.74) is 10.0. The number of hydrogen-bond acceptors (Lipinski definition) is 3. The molecule has 0 aliphatic heterocycles. The van der Waals surface area contributed by atoms with Gasteiger partial charge >= 0.3 is 0 Å². The van der Waals surface area contributed by atoms with E-state index in [1.165, 1.54) is 11.1 Å². The lowest BCUT2D eigenvalue weighted by Gasteiger charge is -2.28. The average Bonchev–Trinajstić information content (AvgIpc) is 2.74. The van der Waals surface area contributed by atoms with Crippen LogP contribution in [0.15, 0.2) is 91.0 Å². The summed E-state index contributed by atoms with van der Waals surface area (Å²) >= 11 is 0. The minimum Gasteiger partial charge on any atom is -0.390 e. The van der Waals surface area contributed by atoms with Crippen LogP contribution < -0.4 is 5.73 Å². The fraction of sp³-hybridized carbons (Fsp3) is 0.280. The van der Waals surface area contributed by atoms with Crippen molar-refractivity contribution in [3.05, 3.63) is 108 Å². The van der Waals surface area contributed by atoms with E-state index in [9.17, 15) is 5.11 Å². The van der Waals surface area contributed by atoms with Gasteiger partial charge in [-0.15, -0.1) is 0 Å². The Morgan fingerprint density at radius 3 is 1.79 bits per heavy atom. The molecule has 0 unspecified atom stereocenters. The minimum atomic E-state index is -0.570. The van der Waals surface area contributed by atoms with Gasteiger partial charge < -0.3 is 10.8 Å². The van der Waals surface area contributed by atoms with Crippen LogP contribution in [0.2, 0.25) is 0 Å². The van der Waals surface area contributed by atoms with Crippen molar-refractivity contribution in [3.8, 4) is 0 Å². The highest BCUT2D eigenvalue weighted by Crippen LogP contribution is 2.11. The first-order chi connectivity index (χ1) is 13.7. The van der Waals surface area contributed by atoms with Crippen molar-refractivity contribution in [3.63, 3.8) is 0 Å². The van der Waals surface area contributed by atoms with Crippen molar-refractivity contribution < 1.29 is 5.11 Å². The molecule has 0 saturated heterocycles. The van der Waals surface area contributed by atoms with Crippen LogP contribution in [0.1, 0.15) is 16.7 Å². The van der Waals surface area contributed by atoms with Crippen LogP contribution in [0.5, 0.6) is 0 Å². The Morgan fingerprint density at radius 2 is 1.21 bits per heavy atom. The van der Waals surface area contributed by atoms with Gasteiger partial charge in [-0.25, -0.2) is 0 Å². The number of aliphatic hydroxyl groups excluding tert-OH is 1. The third-order valence-electron chi connectivity index (χ3n) is 5.06. The van der Waals surface area contributed by atoms with E-state index in [-0.39, 0.29) is 6.04 Å². The Hall–Kier alpha value is -2.46. The van der Waals surface area contributed by atoms with Gasteiger partial charge in [-0.1, -0.05) is 91.0 Å². The zero-order valence-corrected chi connectivity index (χ0v) is 16.3. The van der Waals surface area contributed by atoms with Crippen LogP contribution in [0.4, 0.5) is 0 Å². The predicted octanol–water partition coefficient (Wildman–Crippen LogP) is 3.66. The molecule has 0 aliphatic carbocycles. The van der Waals surface area contributed by atoms with E-state index in [1.54, 1.807) is 0 Å². The van der Waals surface area contributed by atoms with Crippen molar-refractivity contribution >= 4 is 0 Å². The van der Waals surface area contributed by atoms with E-state index < -0.39 is 6.10 Å². The molecule has 2 atom stereocenters. The average molecular weight is 375 g/mol. The van der Waals surface area contributed by atoms with Gasteiger partial charge in [0.05, 0.1) is 6.10 Å². The Bertz CT molecular complexity index is 793. The topological polar surface area (TPSA) is 49.5 Å². The summed E-state index contributed by atoms with van der Waals surface area (Å²) < 4.78 is 0. The van der Waals surface area contributed by atoms with Crippen LogP contribution in [-0.2, 0) is 19.4 Å². The highest BCUT2D eigenvalue weighted by molar-refractivity contribution is 5.17. The third-order valence-corrected chi connectivity index (χ3v) is 5.06. The van der Waals surface area contributed by atoms with Gasteiger partial charge in [0.15, 0.2) is 0 Å². The highest BCUT2D eigenvalue weighted by atomic mass is 16.3. The standard InChI is InChI=1S/C25H30N2O/c26-24(18-22-12-6-2-7-13-22)25(28)20-27(19-23-14-8-3-9-15-23)17-16-21-10-4-1-5-11-21/h1-15,24-25,28H,16-20,26H2/t24-,25+/m0/s1. The van der Waals surface area contributed by atoms with Gasteiger partial charge in [0, 0.05) is 25.7 Å². The summed E-state index contributed by atoms with van der Waals surface area (Å²) in [4.78, 5) is 2.30. The molecule has 3 N–H and O–H groups in total. The number of rotatable bonds is 10. The van der Waals surface area contributed by atoms with Crippen LogP contribution in [0, 0.1) is 0 Å². The molecule has 3 heteroatoms. The molecule has 0 amide bonds. The molecule has 0 radical (unpaired) electrons. The lowest BCUT2D eigenvalue weighted by molar-refractivity contribution is 0.0879. The fourth-order valence-electron chi connectivity index (χ4n) is 3.43. The molecule has 146 valence electrons. The normalized spacial score (nSPS) is 13.4. The quantitative estimate of drug-likeness (QED) is 0.569. The molecule has 3 nitrogen and oxygen atoms in total. The molecular formula is C25H30N2O. The van der Waals surface area contributed by atoms with Gasteiger partial charge in [-0.3, -0.25) is 4.90 Å². The van der Waals surface area contributed by atoms with Crippen molar-refractivity contribution in [1.82, 2.24) is 4.90 Å². The van der Waals surface area contributed by atoms with Gasteiger partial charge in [0.2, 0.25) is 0 Å². The number of nitrogens with two attached hydrogens (primary N) is 1. The maximum atomic E-state index is 10.8. The first-order valence-electron chi connectivity index (χ1n) is 9.98. The molecule has 28 heavy (non-hydrogen) atoms. The molecule has 0 bridgehead atoms. The smallest absolute Gasteiger partial charge is 0.0821 e. The van der Waals surface area contributed by atoms with Crippen LogP contribution in [0.3, 0.4) is 0 Å². The first kappa shape index (κ1) is 20.3. The van der Waals surface area contributed by atoms with E-state index in [2.05, 4.69) is 65.6 Å². The lowest BCUT2D eigenvalue weighted by Crippen LogP contribution is -2.45. The molecule has 0 spiro atoms. The van der Waals surface area contributed by atoms with E-state index in [0.29, 0.717) is 13.0 Å². The predicted molar refractivity (Wildman–Crippen MR) is 116 cm³/mol. The van der Waals surface area contributed by atoms with E-state index >= 15 is 0 Å². The molecule has 3 rings (SSSR count). The molecule has 0 aromatic heterocycles. The Balaban J connectivity index is 1.61. The largest absolute Gasteiger partial charge is 0.390 e. The third kappa shape index (κ3) is 6.61. The second-order valence-electron chi connectivity index (χ2n) is 7.38. The fourth-order valence-corrected chi connectivity index (χ4v) is 3.43. The summed E-state index contributed by atoms with van der Waals surface area (Å²) in [6.07, 6.45) is 1.06. The van der Waals surface area contributed by atoms with Crippen LogP contribution in [0.25, 0.3) is 0 Å². The van der Waals surface area contributed by atoms with Gasteiger partial charge in [-0.05, 0) is 29.5 Å². The summed E-state index contributed by atoms with van der Waals surface area (Å²) in [5.74, 6) is 0. The van der Waals surface area contributed by atoms with Gasteiger partial charge in [0.25, 0.3) is 0 Å². The molecule has 3 aromatic carbocycles. The SMILES string of the molecule is N[C@@H](Cc1ccccc1)[C@H](O)CN(CCc1ccccc1)Cc1ccccc1. The monoisotopic (exact) mass is 374 g/mol. The van der Waals surface area contributed by atoms with E-state index in [4.69, 9.17) is 5.73 Å². The van der Waals surface area contributed by atoms with Crippen molar-refractivity contribution in [1.29, 1.82) is 0 Å². The zero-order valence-electron chi connectivity index (χ0n) is 16.3. The van der Waals surface area contributed by atoms with Crippen LogP contribution >= 0.6 is 0 Å². The second-order valence-corrected chi connectivity index (χ2v) is 7.38. The molecule has 0 heterocycles. The second kappa shape index (κ2) is 10.8. The van der Waals surface area contributed by atoms with E-state index in [1.807, 2.05) is 30.3 Å². The molecule has 0 aliphatic rings. The molecule has 3 aromatic rings. The van der Waals surface area contributed by atoms with Crippen molar-refractivity contribution in [2.24, 2.45) is 5.73 Å². The molecule has 0 saturated carbocycles. The zero-order chi connectivity index (χ0) is 19.6. The summed E-state index contributed by atoms with van der Waals surface area (Å²) in [6, 6.07) is 30.7. The number of hydrogen-bond donors (Lipinski definition) is 2. The Morgan fingerprint density at radius 1 is 0.714 bits per heavy atom. The number of aliphatic hydroxyl groups is 1. The Kier molecular flexibility index (Phi) is 7.80. The minimum absolute atomic E-state index is 0.280. The lowest BCUT2D eigenvalue weighted by atomic mass is 10.0. The number of benzene rings is 3. The van der Waals surface area contributed by atoms with Gasteiger partial charge in [0.1, 0.15) is 0 Å². The molecular weight excluding hydrogens is 344 g/mol. The summed E-state index contributed by atoms with van der Waals surface area (Å²) in [5, 5.41) is 10.8. The van der Waals surface area contributed by atoms with Gasteiger partial charge in [-0.2, -0.15) is 0 Å². The first-order valence-corrected chi connectivity index (χ1v) is 9.98. The maximum absolute atomic E-state index is 10.8.